The van der Waals surface area contributed by atoms with Crippen LogP contribution in [0.5, 0.6) is 11.5 Å². The molecule has 0 aromatic heterocycles. The number of benzene rings is 2. The summed E-state index contributed by atoms with van der Waals surface area (Å²) in [6.45, 7) is 6.21. The predicted molar refractivity (Wildman–Crippen MR) is 94.8 cm³/mol. The first-order valence-electron chi connectivity index (χ1n) is 6.66. The summed E-state index contributed by atoms with van der Waals surface area (Å²) in [6.07, 6.45) is 2.00. The maximum atomic E-state index is 6.12. The molecule has 0 aliphatic carbocycles. The summed E-state index contributed by atoms with van der Waals surface area (Å²) in [5.41, 5.74) is 10.2. The number of aryl methyl sites for hydroxylation is 2. The van der Waals surface area contributed by atoms with Crippen LogP contribution >= 0.6 is 24.0 Å². The van der Waals surface area contributed by atoms with Gasteiger partial charge in [0, 0.05) is 4.90 Å². The van der Waals surface area contributed by atoms with Gasteiger partial charge in [0.2, 0.25) is 0 Å². The molecule has 0 amide bonds. The molecule has 0 atom stereocenters. The number of thioether (sulfide) groups is 1. The second-order valence-corrected chi connectivity index (χ2v) is 6.29. The third-order valence-electron chi connectivity index (χ3n) is 3.44. The Hall–Kier alpha value is -1.52. The predicted octanol–water partition coefficient (Wildman–Crippen LogP) is 4.76. The van der Waals surface area contributed by atoms with Gasteiger partial charge in [-0.15, -0.1) is 11.8 Å². The summed E-state index contributed by atoms with van der Waals surface area (Å²) in [4.78, 5) is 1.39. The molecule has 2 nitrogen and oxygen atoms in total. The van der Waals surface area contributed by atoms with Crippen molar-refractivity contribution in [2.45, 2.75) is 25.7 Å². The summed E-state index contributed by atoms with van der Waals surface area (Å²) < 4.78 is 6.12. The van der Waals surface area contributed by atoms with E-state index in [1.165, 1.54) is 11.1 Å². The van der Waals surface area contributed by atoms with E-state index in [2.05, 4.69) is 26.8 Å². The van der Waals surface area contributed by atoms with Gasteiger partial charge >= 0.3 is 0 Å². The van der Waals surface area contributed by atoms with Gasteiger partial charge in [0.25, 0.3) is 0 Å². The Kier molecular flexibility index (Phi) is 4.91. The van der Waals surface area contributed by atoms with E-state index in [0.717, 1.165) is 21.8 Å². The number of nitrogens with two attached hydrogens (primary N) is 1. The van der Waals surface area contributed by atoms with Crippen LogP contribution in [0.1, 0.15) is 22.3 Å². The van der Waals surface area contributed by atoms with E-state index >= 15 is 0 Å². The highest BCUT2D eigenvalue weighted by molar-refractivity contribution is 7.98. The van der Waals surface area contributed by atoms with E-state index in [9.17, 15) is 0 Å². The zero-order valence-electron chi connectivity index (χ0n) is 12.7. The number of thiocarbonyl (C=S) groups is 1. The van der Waals surface area contributed by atoms with E-state index in [4.69, 9.17) is 22.7 Å². The molecular formula is C17H19NOS2. The molecule has 0 radical (unpaired) electrons. The van der Waals surface area contributed by atoms with Crippen molar-refractivity contribution < 1.29 is 4.74 Å². The fraction of sp³-hybridized carbons (Fsp3) is 0.235. The Morgan fingerprint density at radius 3 is 2.48 bits per heavy atom. The topological polar surface area (TPSA) is 35.2 Å². The number of hydrogen-bond donors (Lipinski definition) is 1. The third-order valence-corrected chi connectivity index (χ3v) is 4.42. The summed E-state index contributed by atoms with van der Waals surface area (Å²) in [7, 11) is 0. The van der Waals surface area contributed by atoms with E-state index in [0.29, 0.717) is 10.7 Å². The zero-order chi connectivity index (χ0) is 15.6. The van der Waals surface area contributed by atoms with E-state index < -0.39 is 0 Å². The van der Waals surface area contributed by atoms with Gasteiger partial charge < -0.3 is 10.5 Å². The van der Waals surface area contributed by atoms with Crippen LogP contribution in [0.15, 0.2) is 35.2 Å². The minimum Gasteiger partial charge on any atom is -0.456 e. The number of ether oxygens (including phenoxy) is 1. The standard InChI is InChI=1S/C17H19NOS2/c1-10-8-11(2)12(3)14(9-10)19-13-6-5-7-15(21-4)16(13)17(18)20/h5-9H,1-4H3,(H2,18,20). The van der Waals surface area contributed by atoms with Gasteiger partial charge in [0.1, 0.15) is 16.5 Å². The Morgan fingerprint density at radius 2 is 1.86 bits per heavy atom. The van der Waals surface area contributed by atoms with Crippen molar-refractivity contribution >= 4 is 29.0 Å². The largest absolute Gasteiger partial charge is 0.456 e. The Bertz CT molecular complexity index is 695. The minimum absolute atomic E-state index is 0.358. The molecule has 0 spiro atoms. The summed E-state index contributed by atoms with van der Waals surface area (Å²) in [5.74, 6) is 1.56. The van der Waals surface area contributed by atoms with Crippen molar-refractivity contribution in [3.63, 3.8) is 0 Å². The maximum absolute atomic E-state index is 6.12. The van der Waals surface area contributed by atoms with Crippen LogP contribution in [0.3, 0.4) is 0 Å². The first-order valence-corrected chi connectivity index (χ1v) is 8.30. The van der Waals surface area contributed by atoms with Crippen LogP contribution in [0.25, 0.3) is 0 Å². The van der Waals surface area contributed by atoms with Crippen molar-refractivity contribution in [1.29, 1.82) is 0 Å². The van der Waals surface area contributed by atoms with E-state index in [1.54, 1.807) is 11.8 Å². The molecule has 0 heterocycles. The van der Waals surface area contributed by atoms with Gasteiger partial charge in [-0.2, -0.15) is 0 Å². The normalized spacial score (nSPS) is 10.5. The molecule has 0 saturated carbocycles. The van der Waals surface area contributed by atoms with Crippen LogP contribution in [-0.2, 0) is 0 Å². The van der Waals surface area contributed by atoms with Crippen molar-refractivity contribution in [2.24, 2.45) is 5.73 Å². The lowest BCUT2D eigenvalue weighted by Gasteiger charge is -2.16. The molecule has 0 saturated heterocycles. The molecule has 0 unspecified atom stereocenters. The Balaban J connectivity index is 2.52. The van der Waals surface area contributed by atoms with Crippen LogP contribution in [0.4, 0.5) is 0 Å². The molecule has 110 valence electrons. The lowest BCUT2D eigenvalue weighted by Crippen LogP contribution is -2.12. The van der Waals surface area contributed by atoms with Gasteiger partial charge in [-0.1, -0.05) is 24.4 Å². The summed E-state index contributed by atoms with van der Waals surface area (Å²) in [6, 6.07) is 10.1. The lowest BCUT2D eigenvalue weighted by atomic mass is 10.1. The molecule has 2 rings (SSSR count). The molecule has 2 aromatic carbocycles. The fourth-order valence-electron chi connectivity index (χ4n) is 2.23. The van der Waals surface area contributed by atoms with Crippen LogP contribution < -0.4 is 10.5 Å². The van der Waals surface area contributed by atoms with Crippen LogP contribution in [-0.4, -0.2) is 11.2 Å². The van der Waals surface area contributed by atoms with E-state index in [1.807, 2.05) is 30.5 Å². The lowest BCUT2D eigenvalue weighted by molar-refractivity contribution is 0.475. The average Bonchev–Trinajstić information content (AvgIpc) is 2.43. The van der Waals surface area contributed by atoms with Crippen molar-refractivity contribution in [3.8, 4) is 11.5 Å². The van der Waals surface area contributed by atoms with Gasteiger partial charge in [-0.25, -0.2) is 0 Å². The highest BCUT2D eigenvalue weighted by Gasteiger charge is 2.14. The quantitative estimate of drug-likeness (QED) is 0.651. The SMILES string of the molecule is CSc1cccc(Oc2cc(C)cc(C)c2C)c1C(N)=S. The first kappa shape index (κ1) is 15.9. The molecule has 21 heavy (non-hydrogen) atoms. The van der Waals surface area contributed by atoms with E-state index in [-0.39, 0.29) is 0 Å². The second-order valence-electron chi connectivity index (χ2n) is 5.00. The third kappa shape index (κ3) is 3.39. The highest BCUT2D eigenvalue weighted by atomic mass is 32.2. The van der Waals surface area contributed by atoms with Crippen LogP contribution in [0, 0.1) is 20.8 Å². The molecule has 0 fully saturated rings. The average molecular weight is 317 g/mol. The van der Waals surface area contributed by atoms with Crippen molar-refractivity contribution in [1.82, 2.24) is 0 Å². The zero-order valence-corrected chi connectivity index (χ0v) is 14.3. The second kappa shape index (κ2) is 6.50. The van der Waals surface area contributed by atoms with Gasteiger partial charge in [-0.05, 0) is 61.9 Å². The van der Waals surface area contributed by atoms with Crippen molar-refractivity contribution in [2.75, 3.05) is 6.26 Å². The molecule has 2 aromatic rings. The van der Waals surface area contributed by atoms with Gasteiger partial charge in [0.15, 0.2) is 0 Å². The summed E-state index contributed by atoms with van der Waals surface area (Å²) in [5, 5.41) is 0. The highest BCUT2D eigenvalue weighted by Crippen LogP contribution is 2.34. The van der Waals surface area contributed by atoms with Gasteiger partial charge in [-0.3, -0.25) is 0 Å². The minimum atomic E-state index is 0.358. The number of rotatable bonds is 4. The number of hydrogen-bond acceptors (Lipinski definition) is 3. The molecule has 0 aliphatic rings. The molecule has 4 heteroatoms. The molecule has 0 bridgehead atoms. The summed E-state index contributed by atoms with van der Waals surface area (Å²) >= 11 is 6.80. The first-order chi connectivity index (χ1) is 9.93. The molecule has 0 aliphatic heterocycles. The smallest absolute Gasteiger partial charge is 0.138 e. The Labute approximate surface area is 135 Å². The van der Waals surface area contributed by atoms with Crippen molar-refractivity contribution in [3.05, 3.63) is 52.6 Å². The van der Waals surface area contributed by atoms with Gasteiger partial charge in [0.05, 0.1) is 5.56 Å². The Morgan fingerprint density at radius 1 is 1.14 bits per heavy atom. The molecular weight excluding hydrogens is 298 g/mol. The van der Waals surface area contributed by atoms with Crippen LogP contribution in [0.2, 0.25) is 0 Å². The monoisotopic (exact) mass is 317 g/mol. The molecule has 2 N–H and O–H groups in total. The fourth-order valence-corrected chi connectivity index (χ4v) is 3.14. The maximum Gasteiger partial charge on any atom is 0.138 e.